The highest BCUT2D eigenvalue weighted by Gasteiger charge is 2.35. The first kappa shape index (κ1) is 21.2. The van der Waals surface area contributed by atoms with Crippen LogP contribution >= 0.6 is 23.4 Å². The van der Waals surface area contributed by atoms with E-state index in [2.05, 4.69) is 20.6 Å². The molecule has 0 bridgehead atoms. The number of hydrazone groups is 1. The zero-order valence-corrected chi connectivity index (χ0v) is 18.7. The van der Waals surface area contributed by atoms with E-state index in [-0.39, 0.29) is 23.8 Å². The number of nitrogens with zero attached hydrogens (tertiary/aromatic N) is 6. The fourth-order valence-electron chi connectivity index (χ4n) is 3.85. The van der Waals surface area contributed by atoms with Crippen molar-refractivity contribution in [1.82, 2.24) is 25.2 Å². The highest BCUT2D eigenvalue weighted by atomic mass is 35.5. The van der Waals surface area contributed by atoms with Gasteiger partial charge in [-0.25, -0.2) is 9.69 Å². The molecule has 4 heterocycles. The average molecular weight is 473 g/mol. The van der Waals surface area contributed by atoms with E-state index in [0.717, 1.165) is 30.7 Å². The molecule has 11 heteroatoms. The second-order valence-corrected chi connectivity index (χ2v) is 8.97. The van der Waals surface area contributed by atoms with Gasteiger partial charge in [-0.3, -0.25) is 4.79 Å². The van der Waals surface area contributed by atoms with Crippen molar-refractivity contribution in [2.24, 2.45) is 5.10 Å². The number of halogens is 1. The molecule has 2 aliphatic rings. The normalized spacial score (nSPS) is 20.7. The van der Waals surface area contributed by atoms with E-state index < -0.39 is 0 Å². The lowest BCUT2D eigenvalue weighted by molar-refractivity contribution is -0.130. The van der Waals surface area contributed by atoms with Crippen LogP contribution in [0.4, 0.5) is 0 Å². The van der Waals surface area contributed by atoms with Crippen LogP contribution in [0, 0.1) is 0 Å². The summed E-state index contributed by atoms with van der Waals surface area (Å²) >= 11 is 7.31. The molecule has 32 heavy (non-hydrogen) atoms. The molecule has 0 N–H and O–H groups in total. The number of carbonyl (C=O) groups excluding carboxylic acids is 1. The van der Waals surface area contributed by atoms with Crippen molar-refractivity contribution in [3.8, 4) is 0 Å². The second kappa shape index (κ2) is 9.43. The minimum Gasteiger partial charge on any atom is -0.467 e. The van der Waals surface area contributed by atoms with Gasteiger partial charge in [0.25, 0.3) is 5.91 Å². The Kier molecular flexibility index (Phi) is 6.24. The summed E-state index contributed by atoms with van der Waals surface area (Å²) in [5.41, 5.74) is 1.74. The van der Waals surface area contributed by atoms with E-state index in [1.807, 2.05) is 36.4 Å². The third-order valence-corrected chi connectivity index (χ3v) is 6.63. The molecular weight excluding hydrogens is 452 g/mol. The maximum Gasteiger partial charge on any atom is 0.253 e. The monoisotopic (exact) mass is 472 g/mol. The quantitative estimate of drug-likeness (QED) is 0.484. The van der Waals surface area contributed by atoms with Gasteiger partial charge in [0.15, 0.2) is 0 Å². The van der Waals surface area contributed by atoms with Crippen LogP contribution in [0.1, 0.15) is 36.6 Å². The molecule has 0 saturated carbocycles. The molecule has 1 aromatic carbocycles. The first-order chi connectivity index (χ1) is 15.7. The summed E-state index contributed by atoms with van der Waals surface area (Å²) in [6.45, 7) is 1.35. The fraction of sp³-hybridized carbons (Fsp3) is 0.381. The number of hydrogen-bond donors (Lipinski definition) is 0. The van der Waals surface area contributed by atoms with Crippen molar-refractivity contribution in [3.63, 3.8) is 0 Å². The van der Waals surface area contributed by atoms with Crippen LogP contribution < -0.4 is 0 Å². The third kappa shape index (κ3) is 4.57. The smallest absolute Gasteiger partial charge is 0.253 e. The van der Waals surface area contributed by atoms with Gasteiger partial charge >= 0.3 is 0 Å². The predicted molar refractivity (Wildman–Crippen MR) is 118 cm³/mol. The molecule has 1 saturated heterocycles. The van der Waals surface area contributed by atoms with E-state index in [1.54, 1.807) is 10.9 Å². The largest absolute Gasteiger partial charge is 0.467 e. The van der Waals surface area contributed by atoms with E-state index in [0.29, 0.717) is 28.9 Å². The Bertz CT molecular complexity index is 1100. The Morgan fingerprint density at radius 3 is 2.88 bits per heavy atom. The Morgan fingerprint density at radius 1 is 1.25 bits per heavy atom. The van der Waals surface area contributed by atoms with Crippen LogP contribution in [0.5, 0.6) is 0 Å². The molecule has 2 atom stereocenters. The zero-order valence-electron chi connectivity index (χ0n) is 17.1. The summed E-state index contributed by atoms with van der Waals surface area (Å²) in [7, 11) is 0. The molecule has 5 rings (SSSR count). The van der Waals surface area contributed by atoms with Gasteiger partial charge in [-0.05, 0) is 53.1 Å². The number of carbonyl (C=O) groups is 1. The maximum absolute atomic E-state index is 13.2. The van der Waals surface area contributed by atoms with Crippen LogP contribution in [0.15, 0.2) is 57.3 Å². The lowest BCUT2D eigenvalue weighted by atomic mass is 10.0. The Balaban J connectivity index is 1.30. The molecule has 9 nitrogen and oxygen atoms in total. The van der Waals surface area contributed by atoms with Crippen LogP contribution in [0.3, 0.4) is 0 Å². The van der Waals surface area contributed by atoms with Gasteiger partial charge < -0.3 is 9.15 Å². The van der Waals surface area contributed by atoms with Gasteiger partial charge in [-0.2, -0.15) is 5.10 Å². The summed E-state index contributed by atoms with van der Waals surface area (Å²) in [4.78, 5) is 13.2. The zero-order chi connectivity index (χ0) is 21.9. The lowest BCUT2D eigenvalue weighted by Gasteiger charge is -2.19. The lowest BCUT2D eigenvalue weighted by Crippen LogP contribution is -2.28. The molecule has 0 unspecified atom stereocenters. The number of benzene rings is 1. The first-order valence-electron chi connectivity index (χ1n) is 10.4. The van der Waals surface area contributed by atoms with Crippen LogP contribution in [0.25, 0.3) is 0 Å². The van der Waals surface area contributed by atoms with Crippen molar-refractivity contribution in [1.29, 1.82) is 0 Å². The maximum atomic E-state index is 13.2. The van der Waals surface area contributed by atoms with Crippen LogP contribution in [-0.4, -0.2) is 55.3 Å². The van der Waals surface area contributed by atoms with Crippen molar-refractivity contribution in [2.75, 3.05) is 12.4 Å². The number of hydrogen-bond acceptors (Lipinski definition) is 8. The van der Waals surface area contributed by atoms with Gasteiger partial charge in [0.2, 0.25) is 5.16 Å². The Hall–Kier alpha value is -2.69. The van der Waals surface area contributed by atoms with E-state index >= 15 is 0 Å². The van der Waals surface area contributed by atoms with Crippen LogP contribution in [-0.2, 0) is 16.1 Å². The standard InChI is InChI=1S/C21H21ClN6O3S/c22-15-7-5-14(6-8-15)17-11-18(19-4-2-10-31-19)28(24-17)20(29)13-32-21-23-25-26-27(21)12-16-3-1-9-30-16/h2,4-8,10,16,18H,1,3,9,11-13H2/t16-,18+/m1/s1. The van der Waals surface area contributed by atoms with Gasteiger partial charge in [0.05, 0.1) is 30.4 Å². The highest BCUT2D eigenvalue weighted by molar-refractivity contribution is 7.99. The number of amides is 1. The minimum absolute atomic E-state index is 0.113. The summed E-state index contributed by atoms with van der Waals surface area (Å²) in [6, 6.07) is 10.8. The highest BCUT2D eigenvalue weighted by Crippen LogP contribution is 2.34. The molecule has 166 valence electrons. The van der Waals surface area contributed by atoms with Crippen molar-refractivity contribution in [3.05, 3.63) is 59.0 Å². The molecule has 0 radical (unpaired) electrons. The van der Waals surface area contributed by atoms with E-state index in [1.165, 1.54) is 16.8 Å². The molecule has 1 amide bonds. The summed E-state index contributed by atoms with van der Waals surface area (Å²) in [5.74, 6) is 0.701. The molecule has 3 aromatic rings. The number of rotatable bonds is 7. The topological polar surface area (TPSA) is 98.6 Å². The van der Waals surface area contributed by atoms with Gasteiger partial charge in [-0.1, -0.05) is 35.5 Å². The summed E-state index contributed by atoms with van der Waals surface area (Å²) in [6.07, 6.45) is 4.31. The molecular formula is C21H21ClN6O3S. The third-order valence-electron chi connectivity index (χ3n) is 5.44. The van der Waals surface area contributed by atoms with E-state index in [9.17, 15) is 4.79 Å². The SMILES string of the molecule is O=C(CSc1nnnn1C[C@H]1CCCO1)N1N=C(c2ccc(Cl)cc2)C[C@H]1c1ccco1. The Labute approximate surface area is 193 Å². The number of ether oxygens (including phenoxy) is 1. The van der Waals surface area contributed by atoms with Crippen molar-refractivity contribution < 1.29 is 13.9 Å². The molecule has 0 aliphatic carbocycles. The molecule has 2 aliphatic heterocycles. The first-order valence-corrected chi connectivity index (χ1v) is 11.7. The van der Waals surface area contributed by atoms with Crippen LogP contribution in [0.2, 0.25) is 5.02 Å². The van der Waals surface area contributed by atoms with E-state index in [4.69, 9.17) is 20.8 Å². The predicted octanol–water partition coefficient (Wildman–Crippen LogP) is 3.57. The summed E-state index contributed by atoms with van der Waals surface area (Å²) in [5, 5.41) is 19.3. The molecule has 1 fully saturated rings. The summed E-state index contributed by atoms with van der Waals surface area (Å²) < 4.78 is 13.0. The number of aromatic nitrogens is 4. The van der Waals surface area contributed by atoms with Crippen molar-refractivity contribution >= 4 is 35.0 Å². The fourth-order valence-corrected chi connectivity index (χ4v) is 4.71. The Morgan fingerprint density at radius 2 is 2.12 bits per heavy atom. The minimum atomic E-state index is -0.299. The number of tetrazole rings is 1. The number of furan rings is 1. The van der Waals surface area contributed by atoms with Gasteiger partial charge in [-0.15, -0.1) is 5.10 Å². The number of thioether (sulfide) groups is 1. The van der Waals surface area contributed by atoms with Crippen molar-refractivity contribution in [2.45, 2.75) is 43.1 Å². The molecule has 2 aromatic heterocycles. The second-order valence-electron chi connectivity index (χ2n) is 7.59. The van der Waals surface area contributed by atoms with Gasteiger partial charge in [0.1, 0.15) is 11.8 Å². The van der Waals surface area contributed by atoms with Gasteiger partial charge in [0, 0.05) is 18.1 Å². The average Bonchev–Trinajstić information content (AvgIpc) is 3.60. The molecule has 0 spiro atoms.